The van der Waals surface area contributed by atoms with Crippen LogP contribution in [0.4, 0.5) is 0 Å². The van der Waals surface area contributed by atoms with Crippen LogP contribution in [0.3, 0.4) is 0 Å². The van der Waals surface area contributed by atoms with Gasteiger partial charge in [0.05, 0.1) is 0 Å². The summed E-state index contributed by atoms with van der Waals surface area (Å²) in [5.41, 5.74) is 0.524. The lowest BCUT2D eigenvalue weighted by molar-refractivity contribution is 0.0945. The van der Waals surface area contributed by atoms with Gasteiger partial charge in [0.1, 0.15) is 11.5 Å². The van der Waals surface area contributed by atoms with E-state index in [2.05, 4.69) is 12.2 Å². The van der Waals surface area contributed by atoms with Gasteiger partial charge in [0, 0.05) is 18.2 Å². The molecule has 86 valence electrons. The smallest absolute Gasteiger partial charge is 0.251 e. The lowest BCUT2D eigenvalue weighted by Crippen LogP contribution is -2.28. The third-order valence-electron chi connectivity index (χ3n) is 2.94. The van der Waals surface area contributed by atoms with E-state index < -0.39 is 0 Å². The Morgan fingerprint density at radius 2 is 1.88 bits per heavy atom. The van der Waals surface area contributed by atoms with E-state index in [1.807, 2.05) is 0 Å². The van der Waals surface area contributed by atoms with Gasteiger partial charge in [0.15, 0.2) is 0 Å². The largest absolute Gasteiger partial charge is 0.508 e. The monoisotopic (exact) mass is 221 g/mol. The number of aromatic hydroxyl groups is 2. The van der Waals surface area contributed by atoms with Crippen LogP contribution in [-0.2, 0) is 0 Å². The molecule has 4 heteroatoms. The molecule has 1 aromatic carbocycles. The van der Waals surface area contributed by atoms with E-state index in [9.17, 15) is 15.0 Å². The van der Waals surface area contributed by atoms with Gasteiger partial charge in [-0.25, -0.2) is 0 Å². The average molecular weight is 221 g/mol. The standard InChI is InChI=1S/C12H15NO3/c1-12(2-3-12)7-13-11(16)8-4-9(14)6-10(15)5-8/h4-6,14-15H,2-3,7H2,1H3,(H,13,16). The van der Waals surface area contributed by atoms with E-state index in [0.717, 1.165) is 12.8 Å². The van der Waals surface area contributed by atoms with Gasteiger partial charge < -0.3 is 15.5 Å². The van der Waals surface area contributed by atoms with Crippen LogP contribution >= 0.6 is 0 Å². The molecule has 3 N–H and O–H groups in total. The molecule has 0 saturated heterocycles. The molecule has 0 bridgehead atoms. The van der Waals surface area contributed by atoms with Crippen molar-refractivity contribution < 1.29 is 15.0 Å². The van der Waals surface area contributed by atoms with Gasteiger partial charge in [0.2, 0.25) is 0 Å². The Hall–Kier alpha value is -1.71. The predicted molar refractivity (Wildman–Crippen MR) is 59.4 cm³/mol. The minimum atomic E-state index is -0.265. The van der Waals surface area contributed by atoms with Gasteiger partial charge in [-0.15, -0.1) is 0 Å². The normalized spacial score (nSPS) is 16.8. The number of phenolic OH excluding ortho intramolecular Hbond substituents is 2. The molecule has 1 aliphatic rings. The quantitative estimate of drug-likeness (QED) is 0.726. The Kier molecular flexibility index (Phi) is 2.50. The second kappa shape index (κ2) is 3.70. The minimum Gasteiger partial charge on any atom is -0.508 e. The van der Waals surface area contributed by atoms with Crippen LogP contribution in [0, 0.1) is 5.41 Å². The molecule has 0 spiro atoms. The molecule has 1 fully saturated rings. The highest BCUT2D eigenvalue weighted by molar-refractivity contribution is 5.95. The number of phenols is 2. The highest BCUT2D eigenvalue weighted by atomic mass is 16.3. The number of carbonyl (C=O) groups excluding carboxylic acids is 1. The maximum atomic E-state index is 11.7. The predicted octanol–water partition coefficient (Wildman–Crippen LogP) is 1.63. The number of nitrogens with one attached hydrogen (secondary N) is 1. The second-order valence-electron chi connectivity index (χ2n) is 4.73. The van der Waals surface area contributed by atoms with E-state index in [0.29, 0.717) is 6.54 Å². The molecule has 0 radical (unpaired) electrons. The number of hydrogen-bond acceptors (Lipinski definition) is 3. The summed E-state index contributed by atoms with van der Waals surface area (Å²) in [5, 5.41) is 21.3. The topological polar surface area (TPSA) is 69.6 Å². The molecule has 1 amide bonds. The van der Waals surface area contributed by atoms with Crippen molar-refractivity contribution >= 4 is 5.91 Å². The number of benzene rings is 1. The fourth-order valence-electron chi connectivity index (χ4n) is 1.51. The van der Waals surface area contributed by atoms with Crippen molar-refractivity contribution in [2.75, 3.05) is 6.54 Å². The Bertz CT molecular complexity index is 404. The third kappa shape index (κ3) is 2.45. The first-order valence-corrected chi connectivity index (χ1v) is 5.30. The van der Waals surface area contributed by atoms with Gasteiger partial charge in [0.25, 0.3) is 5.91 Å². The lowest BCUT2D eigenvalue weighted by atomic mass is 10.1. The van der Waals surface area contributed by atoms with E-state index in [4.69, 9.17) is 0 Å². The van der Waals surface area contributed by atoms with Gasteiger partial charge in [-0.05, 0) is 30.4 Å². The summed E-state index contributed by atoms with van der Waals surface area (Å²) in [7, 11) is 0. The third-order valence-corrected chi connectivity index (χ3v) is 2.94. The van der Waals surface area contributed by atoms with Gasteiger partial charge in [-0.3, -0.25) is 4.79 Å². The first-order valence-electron chi connectivity index (χ1n) is 5.30. The maximum absolute atomic E-state index is 11.7. The van der Waals surface area contributed by atoms with Crippen LogP contribution in [-0.4, -0.2) is 22.7 Å². The fraction of sp³-hybridized carbons (Fsp3) is 0.417. The zero-order valence-corrected chi connectivity index (χ0v) is 9.16. The summed E-state index contributed by atoms with van der Waals surface area (Å²) in [6, 6.07) is 3.87. The summed E-state index contributed by atoms with van der Waals surface area (Å²) in [5.74, 6) is -0.482. The lowest BCUT2D eigenvalue weighted by Gasteiger charge is -2.10. The van der Waals surface area contributed by atoms with E-state index in [-0.39, 0.29) is 28.4 Å². The van der Waals surface area contributed by atoms with Crippen LogP contribution < -0.4 is 5.32 Å². The average Bonchev–Trinajstić information content (AvgIpc) is 2.92. The molecule has 1 saturated carbocycles. The molecule has 1 aliphatic carbocycles. The van der Waals surface area contributed by atoms with Gasteiger partial charge in [-0.2, -0.15) is 0 Å². The minimum absolute atomic E-state index is 0.109. The first-order chi connectivity index (χ1) is 7.48. The Balaban J connectivity index is 2.02. The zero-order valence-electron chi connectivity index (χ0n) is 9.16. The second-order valence-corrected chi connectivity index (χ2v) is 4.73. The Morgan fingerprint density at radius 3 is 2.38 bits per heavy atom. The summed E-state index contributed by atoms with van der Waals surface area (Å²) >= 11 is 0. The number of amides is 1. The molecule has 0 unspecified atom stereocenters. The maximum Gasteiger partial charge on any atom is 0.251 e. The molecule has 0 aliphatic heterocycles. The number of rotatable bonds is 3. The van der Waals surface area contributed by atoms with Crippen LogP contribution in [0.25, 0.3) is 0 Å². The Labute approximate surface area is 93.9 Å². The molecule has 4 nitrogen and oxygen atoms in total. The van der Waals surface area contributed by atoms with Gasteiger partial charge in [-0.1, -0.05) is 6.92 Å². The molecule has 2 rings (SSSR count). The number of carbonyl (C=O) groups is 1. The van der Waals surface area contributed by atoms with Crippen LogP contribution in [0.1, 0.15) is 30.1 Å². The van der Waals surface area contributed by atoms with Gasteiger partial charge >= 0.3 is 0 Å². The van der Waals surface area contributed by atoms with Crippen LogP contribution in [0.15, 0.2) is 18.2 Å². The highest BCUT2D eigenvalue weighted by Gasteiger charge is 2.37. The molecular weight excluding hydrogens is 206 g/mol. The van der Waals surface area contributed by atoms with Crippen molar-refractivity contribution in [3.63, 3.8) is 0 Å². The zero-order chi connectivity index (χ0) is 11.8. The van der Waals surface area contributed by atoms with E-state index >= 15 is 0 Å². The molecular formula is C12H15NO3. The molecule has 0 aromatic heterocycles. The van der Waals surface area contributed by atoms with Crippen molar-refractivity contribution in [3.05, 3.63) is 23.8 Å². The van der Waals surface area contributed by atoms with Crippen LogP contribution in [0.2, 0.25) is 0 Å². The number of hydrogen-bond donors (Lipinski definition) is 3. The summed E-state index contributed by atoms with van der Waals surface area (Å²) < 4.78 is 0. The SMILES string of the molecule is CC1(CNC(=O)c2cc(O)cc(O)c2)CC1. The van der Waals surface area contributed by atoms with Crippen molar-refractivity contribution in [2.45, 2.75) is 19.8 Å². The highest BCUT2D eigenvalue weighted by Crippen LogP contribution is 2.44. The Morgan fingerprint density at radius 1 is 1.31 bits per heavy atom. The molecule has 16 heavy (non-hydrogen) atoms. The summed E-state index contributed by atoms with van der Waals surface area (Å²) in [6.45, 7) is 2.76. The molecule has 0 atom stereocenters. The van der Waals surface area contributed by atoms with Crippen molar-refractivity contribution in [1.29, 1.82) is 0 Å². The first kappa shape index (κ1) is 10.8. The van der Waals surface area contributed by atoms with Crippen molar-refractivity contribution in [1.82, 2.24) is 5.32 Å². The van der Waals surface area contributed by atoms with E-state index in [1.165, 1.54) is 18.2 Å². The van der Waals surface area contributed by atoms with E-state index in [1.54, 1.807) is 0 Å². The van der Waals surface area contributed by atoms with Crippen molar-refractivity contribution in [2.24, 2.45) is 5.41 Å². The van der Waals surface area contributed by atoms with Crippen LogP contribution in [0.5, 0.6) is 11.5 Å². The fourth-order valence-corrected chi connectivity index (χ4v) is 1.51. The van der Waals surface area contributed by atoms with Crippen molar-refractivity contribution in [3.8, 4) is 11.5 Å². The molecule has 0 heterocycles. The molecule has 1 aromatic rings. The summed E-state index contributed by atoms with van der Waals surface area (Å²) in [6.07, 6.45) is 2.27. The summed E-state index contributed by atoms with van der Waals surface area (Å²) in [4.78, 5) is 11.7.